The van der Waals surface area contributed by atoms with Crippen LogP contribution in [0.1, 0.15) is 61.8 Å². The average Bonchev–Trinajstić information content (AvgIpc) is 3.09. The second kappa shape index (κ2) is 5.56. The van der Waals surface area contributed by atoms with Crippen LogP contribution < -0.4 is 0 Å². The van der Waals surface area contributed by atoms with Gasteiger partial charge in [0.05, 0.1) is 30.0 Å². The molecule has 0 amide bonds. The lowest BCUT2D eigenvalue weighted by atomic mass is 9.89. The summed E-state index contributed by atoms with van der Waals surface area (Å²) in [6.45, 7) is 2.99. The molecule has 5 heteroatoms. The van der Waals surface area contributed by atoms with E-state index < -0.39 is 0 Å². The molecule has 1 atom stereocenters. The van der Waals surface area contributed by atoms with Gasteiger partial charge in [0.1, 0.15) is 0 Å². The predicted octanol–water partition coefficient (Wildman–Crippen LogP) is 2.72. The number of aromatic nitrogens is 2. The number of ether oxygens (including phenoxy) is 2. The summed E-state index contributed by atoms with van der Waals surface area (Å²) in [5.41, 5.74) is 0.609. The molecular formula is C15H22N2O3. The van der Waals surface area contributed by atoms with Crippen LogP contribution in [0.15, 0.2) is 12.4 Å². The van der Waals surface area contributed by atoms with Crippen LogP contribution in [0.5, 0.6) is 0 Å². The van der Waals surface area contributed by atoms with E-state index in [1.54, 1.807) is 6.20 Å². The molecule has 0 bridgehead atoms. The second-order valence-corrected chi connectivity index (χ2v) is 5.81. The van der Waals surface area contributed by atoms with Crippen molar-refractivity contribution in [3.63, 3.8) is 0 Å². The van der Waals surface area contributed by atoms with Crippen LogP contribution in [0.25, 0.3) is 0 Å². The van der Waals surface area contributed by atoms with Crippen molar-refractivity contribution < 1.29 is 14.3 Å². The highest BCUT2D eigenvalue weighted by Crippen LogP contribution is 2.43. The summed E-state index contributed by atoms with van der Waals surface area (Å²) >= 11 is 0. The number of rotatable bonds is 3. The Labute approximate surface area is 119 Å². The van der Waals surface area contributed by atoms with Crippen LogP contribution in [0.2, 0.25) is 0 Å². The third kappa shape index (κ3) is 2.59. The lowest BCUT2D eigenvalue weighted by Gasteiger charge is -2.38. The second-order valence-electron chi connectivity index (χ2n) is 5.81. The largest absolute Gasteiger partial charge is 0.462 e. The molecule has 1 saturated carbocycles. The Morgan fingerprint density at radius 2 is 2.35 bits per heavy atom. The maximum absolute atomic E-state index is 11.7. The highest BCUT2D eigenvalue weighted by Gasteiger charge is 2.40. The monoisotopic (exact) mass is 278 g/mol. The van der Waals surface area contributed by atoms with Gasteiger partial charge in [-0.2, -0.15) is 5.10 Å². The molecule has 1 saturated heterocycles. The van der Waals surface area contributed by atoms with Crippen molar-refractivity contribution in [2.45, 2.75) is 57.1 Å². The standard InChI is InChI=1S/C15H22N2O3/c1-2-19-14(18)12-10-16-17(11-12)13-5-8-20-15(9-13)6-3-4-7-15/h10-11,13H,2-9H2,1H3. The molecule has 5 nitrogen and oxygen atoms in total. The van der Waals surface area contributed by atoms with E-state index in [0.717, 1.165) is 32.3 Å². The highest BCUT2D eigenvalue weighted by atomic mass is 16.5. The molecule has 0 radical (unpaired) electrons. The van der Waals surface area contributed by atoms with Crippen molar-refractivity contribution in [3.05, 3.63) is 18.0 Å². The summed E-state index contributed by atoms with van der Waals surface area (Å²) < 4.78 is 13.0. The molecule has 2 heterocycles. The van der Waals surface area contributed by atoms with Gasteiger partial charge in [0.25, 0.3) is 0 Å². The summed E-state index contributed by atoms with van der Waals surface area (Å²) in [4.78, 5) is 11.7. The van der Waals surface area contributed by atoms with E-state index in [1.165, 1.54) is 12.8 Å². The Hall–Kier alpha value is -1.36. The van der Waals surface area contributed by atoms with Crippen LogP contribution in [0.4, 0.5) is 0 Å². The first kappa shape index (κ1) is 13.6. The molecular weight excluding hydrogens is 256 g/mol. The van der Waals surface area contributed by atoms with Gasteiger partial charge in [-0.25, -0.2) is 4.79 Å². The zero-order valence-electron chi connectivity index (χ0n) is 12.0. The summed E-state index contributed by atoms with van der Waals surface area (Å²) in [6.07, 6.45) is 10.2. The zero-order chi connectivity index (χ0) is 14.0. The van der Waals surface area contributed by atoms with Crippen molar-refractivity contribution in [2.75, 3.05) is 13.2 Å². The first-order valence-corrected chi connectivity index (χ1v) is 7.58. The summed E-state index contributed by atoms with van der Waals surface area (Å²) in [6, 6.07) is 0.338. The molecule has 1 aromatic rings. The predicted molar refractivity (Wildman–Crippen MR) is 73.6 cm³/mol. The topological polar surface area (TPSA) is 53.3 Å². The SMILES string of the molecule is CCOC(=O)c1cnn(C2CCOC3(CCCC3)C2)c1. The van der Waals surface area contributed by atoms with Gasteiger partial charge in [0.2, 0.25) is 0 Å². The van der Waals surface area contributed by atoms with Gasteiger partial charge in [-0.05, 0) is 32.6 Å². The van der Waals surface area contributed by atoms with Gasteiger partial charge in [0, 0.05) is 12.8 Å². The minimum Gasteiger partial charge on any atom is -0.462 e. The molecule has 3 rings (SSSR count). The average molecular weight is 278 g/mol. The zero-order valence-corrected chi connectivity index (χ0v) is 12.0. The molecule has 20 heavy (non-hydrogen) atoms. The van der Waals surface area contributed by atoms with Gasteiger partial charge in [0.15, 0.2) is 0 Å². The maximum atomic E-state index is 11.7. The van der Waals surface area contributed by atoms with Crippen LogP contribution in [-0.2, 0) is 9.47 Å². The van der Waals surface area contributed by atoms with Gasteiger partial charge < -0.3 is 9.47 Å². The number of hydrogen-bond acceptors (Lipinski definition) is 4. The van der Waals surface area contributed by atoms with Crippen molar-refractivity contribution in [1.82, 2.24) is 9.78 Å². The number of nitrogens with zero attached hydrogens (tertiary/aromatic N) is 2. The van der Waals surface area contributed by atoms with Crippen LogP contribution in [0.3, 0.4) is 0 Å². The van der Waals surface area contributed by atoms with E-state index in [4.69, 9.17) is 9.47 Å². The normalized spacial score (nSPS) is 24.9. The van der Waals surface area contributed by atoms with E-state index in [0.29, 0.717) is 18.2 Å². The number of carbonyl (C=O) groups is 1. The van der Waals surface area contributed by atoms with E-state index in [9.17, 15) is 4.79 Å². The van der Waals surface area contributed by atoms with E-state index >= 15 is 0 Å². The first-order chi connectivity index (χ1) is 9.72. The van der Waals surface area contributed by atoms with Gasteiger partial charge in [-0.1, -0.05) is 12.8 Å². The third-order valence-corrected chi connectivity index (χ3v) is 4.47. The molecule has 1 aliphatic carbocycles. The van der Waals surface area contributed by atoms with Crippen molar-refractivity contribution in [2.24, 2.45) is 0 Å². The van der Waals surface area contributed by atoms with Crippen LogP contribution >= 0.6 is 0 Å². The molecule has 0 aromatic carbocycles. The van der Waals surface area contributed by atoms with Gasteiger partial charge >= 0.3 is 5.97 Å². The van der Waals surface area contributed by atoms with Crippen LogP contribution in [-0.4, -0.2) is 34.6 Å². The minimum absolute atomic E-state index is 0.0684. The lowest BCUT2D eigenvalue weighted by molar-refractivity contribution is -0.0909. The highest BCUT2D eigenvalue weighted by molar-refractivity contribution is 5.88. The minimum atomic E-state index is -0.290. The van der Waals surface area contributed by atoms with E-state index in [2.05, 4.69) is 5.10 Å². The van der Waals surface area contributed by atoms with Gasteiger partial charge in [-0.15, -0.1) is 0 Å². The van der Waals surface area contributed by atoms with E-state index in [1.807, 2.05) is 17.8 Å². The summed E-state index contributed by atoms with van der Waals surface area (Å²) in [5.74, 6) is -0.290. The molecule has 0 N–H and O–H groups in total. The Bertz CT molecular complexity index is 477. The number of carbonyl (C=O) groups excluding carboxylic acids is 1. The molecule has 110 valence electrons. The first-order valence-electron chi connectivity index (χ1n) is 7.58. The lowest BCUT2D eigenvalue weighted by Crippen LogP contribution is -2.38. The van der Waals surface area contributed by atoms with Crippen molar-refractivity contribution in [1.29, 1.82) is 0 Å². The quantitative estimate of drug-likeness (QED) is 0.798. The summed E-state index contributed by atoms with van der Waals surface area (Å²) in [7, 11) is 0. The van der Waals surface area contributed by atoms with Crippen LogP contribution in [0, 0.1) is 0 Å². The fraction of sp³-hybridized carbons (Fsp3) is 0.733. The summed E-state index contributed by atoms with van der Waals surface area (Å²) in [5, 5.41) is 4.36. The number of esters is 1. The Morgan fingerprint density at radius 3 is 3.10 bits per heavy atom. The smallest absolute Gasteiger partial charge is 0.341 e. The number of hydrogen-bond donors (Lipinski definition) is 0. The fourth-order valence-corrected chi connectivity index (χ4v) is 3.45. The van der Waals surface area contributed by atoms with Crippen molar-refractivity contribution in [3.8, 4) is 0 Å². The van der Waals surface area contributed by atoms with Gasteiger partial charge in [-0.3, -0.25) is 4.68 Å². The molecule has 1 unspecified atom stereocenters. The third-order valence-electron chi connectivity index (χ3n) is 4.47. The molecule has 1 spiro atoms. The van der Waals surface area contributed by atoms with Crippen molar-refractivity contribution >= 4 is 5.97 Å². The molecule has 2 fully saturated rings. The Morgan fingerprint density at radius 1 is 1.55 bits per heavy atom. The van der Waals surface area contributed by atoms with E-state index in [-0.39, 0.29) is 11.6 Å². The maximum Gasteiger partial charge on any atom is 0.341 e. The fourth-order valence-electron chi connectivity index (χ4n) is 3.45. The Balaban J connectivity index is 1.71. The molecule has 2 aliphatic rings. The molecule has 1 aliphatic heterocycles. The Kier molecular flexibility index (Phi) is 3.78. The molecule has 1 aromatic heterocycles.